The lowest BCUT2D eigenvalue weighted by molar-refractivity contribution is -0.134. The fourth-order valence-corrected chi connectivity index (χ4v) is 1.06. The van der Waals surface area contributed by atoms with E-state index in [2.05, 4.69) is 5.32 Å². The van der Waals surface area contributed by atoms with Crippen LogP contribution >= 0.6 is 0 Å². The number of amides is 2. The minimum atomic E-state index is -0.168. The summed E-state index contributed by atoms with van der Waals surface area (Å²) in [6, 6.07) is -0.168. The third-order valence-corrected chi connectivity index (χ3v) is 1.88. The molecule has 0 aromatic rings. The van der Waals surface area contributed by atoms with Crippen LogP contribution in [-0.4, -0.2) is 42.9 Å². The van der Waals surface area contributed by atoms with Crippen LogP contribution in [0.1, 0.15) is 26.7 Å². The van der Waals surface area contributed by atoms with Gasteiger partial charge in [-0.1, -0.05) is 6.92 Å². The molecule has 0 aromatic carbocycles. The van der Waals surface area contributed by atoms with E-state index in [1.54, 1.807) is 14.0 Å². The predicted octanol–water partition coefficient (Wildman–Crippen LogP) is -0.292. The quantitative estimate of drug-likeness (QED) is 0.639. The van der Waals surface area contributed by atoms with E-state index in [9.17, 15) is 9.59 Å². The van der Waals surface area contributed by atoms with Crippen LogP contribution in [0, 0.1) is 0 Å². The highest BCUT2D eigenvalue weighted by Crippen LogP contribution is 1.93. The summed E-state index contributed by atoms with van der Waals surface area (Å²) in [5.41, 5.74) is 5.49. The lowest BCUT2D eigenvalue weighted by atomic mass is 10.2. The van der Waals surface area contributed by atoms with E-state index in [1.165, 1.54) is 4.90 Å². The van der Waals surface area contributed by atoms with Crippen LogP contribution in [0.4, 0.5) is 0 Å². The van der Waals surface area contributed by atoms with Crippen molar-refractivity contribution in [1.82, 2.24) is 10.2 Å². The Morgan fingerprint density at radius 1 is 1.47 bits per heavy atom. The number of carbonyl (C=O) groups is 2. The van der Waals surface area contributed by atoms with Gasteiger partial charge in [-0.25, -0.2) is 0 Å². The molecule has 0 rings (SSSR count). The van der Waals surface area contributed by atoms with Crippen molar-refractivity contribution in [2.75, 3.05) is 20.1 Å². The SMILES string of the molecule is CCCNC(=O)CN(C)C(=O)CC(C)N. The molecule has 2 amide bonds. The van der Waals surface area contributed by atoms with E-state index < -0.39 is 0 Å². The standard InChI is InChI=1S/C10H21N3O2/c1-4-5-12-9(14)7-13(3)10(15)6-8(2)11/h8H,4-7,11H2,1-3H3,(H,12,14). The fraction of sp³-hybridized carbons (Fsp3) is 0.800. The summed E-state index contributed by atoms with van der Waals surface area (Å²) in [4.78, 5) is 24.1. The second kappa shape index (κ2) is 7.23. The Bertz CT molecular complexity index is 217. The average molecular weight is 215 g/mol. The van der Waals surface area contributed by atoms with Gasteiger partial charge < -0.3 is 16.0 Å². The molecule has 3 N–H and O–H groups in total. The Morgan fingerprint density at radius 3 is 2.53 bits per heavy atom. The van der Waals surface area contributed by atoms with Crippen molar-refractivity contribution >= 4 is 11.8 Å². The average Bonchev–Trinajstić information content (AvgIpc) is 2.13. The molecule has 0 bridgehead atoms. The molecule has 1 unspecified atom stereocenters. The third-order valence-electron chi connectivity index (χ3n) is 1.88. The summed E-state index contributed by atoms with van der Waals surface area (Å²) in [7, 11) is 1.61. The zero-order valence-corrected chi connectivity index (χ0v) is 9.75. The second-order valence-corrected chi connectivity index (χ2v) is 3.78. The minimum absolute atomic E-state index is 0.100. The zero-order chi connectivity index (χ0) is 11.8. The van der Waals surface area contributed by atoms with Crippen LogP contribution in [0.25, 0.3) is 0 Å². The van der Waals surface area contributed by atoms with E-state index in [-0.39, 0.29) is 30.8 Å². The van der Waals surface area contributed by atoms with E-state index in [4.69, 9.17) is 5.73 Å². The van der Waals surface area contributed by atoms with E-state index >= 15 is 0 Å². The first-order valence-corrected chi connectivity index (χ1v) is 5.23. The first kappa shape index (κ1) is 13.9. The molecule has 0 spiro atoms. The van der Waals surface area contributed by atoms with Crippen molar-refractivity contribution in [2.45, 2.75) is 32.7 Å². The highest BCUT2D eigenvalue weighted by molar-refractivity contribution is 5.84. The van der Waals surface area contributed by atoms with Gasteiger partial charge >= 0.3 is 0 Å². The molecule has 0 saturated carbocycles. The van der Waals surface area contributed by atoms with E-state index in [0.717, 1.165) is 6.42 Å². The molecular weight excluding hydrogens is 194 g/mol. The summed E-state index contributed by atoms with van der Waals surface area (Å²) in [5.74, 6) is -0.228. The highest BCUT2D eigenvalue weighted by Gasteiger charge is 2.13. The monoisotopic (exact) mass is 215 g/mol. The largest absolute Gasteiger partial charge is 0.355 e. The van der Waals surface area contributed by atoms with Gasteiger partial charge in [0.05, 0.1) is 6.54 Å². The van der Waals surface area contributed by atoms with Crippen LogP contribution in [-0.2, 0) is 9.59 Å². The number of carbonyl (C=O) groups excluding carboxylic acids is 2. The number of nitrogens with zero attached hydrogens (tertiary/aromatic N) is 1. The molecule has 15 heavy (non-hydrogen) atoms. The van der Waals surface area contributed by atoms with Crippen LogP contribution in [0.15, 0.2) is 0 Å². The predicted molar refractivity (Wildman–Crippen MR) is 59.2 cm³/mol. The molecule has 0 aliphatic heterocycles. The zero-order valence-electron chi connectivity index (χ0n) is 9.75. The molecule has 0 aliphatic rings. The Balaban J connectivity index is 3.85. The van der Waals surface area contributed by atoms with E-state index in [1.807, 2.05) is 6.92 Å². The lowest BCUT2D eigenvalue weighted by Crippen LogP contribution is -2.40. The van der Waals surface area contributed by atoms with E-state index in [0.29, 0.717) is 6.54 Å². The van der Waals surface area contributed by atoms with Gasteiger partial charge in [-0.15, -0.1) is 0 Å². The Kier molecular flexibility index (Phi) is 6.70. The van der Waals surface area contributed by atoms with Gasteiger partial charge in [0.1, 0.15) is 0 Å². The van der Waals surface area contributed by atoms with Crippen LogP contribution in [0.5, 0.6) is 0 Å². The molecule has 0 aromatic heterocycles. The molecule has 5 nitrogen and oxygen atoms in total. The van der Waals surface area contributed by atoms with Crippen molar-refractivity contribution in [2.24, 2.45) is 5.73 Å². The molecule has 1 atom stereocenters. The number of hydrogen-bond donors (Lipinski definition) is 2. The molecule has 0 aliphatic carbocycles. The number of likely N-dealkylation sites (N-methyl/N-ethyl adjacent to an activating group) is 1. The number of hydrogen-bond acceptors (Lipinski definition) is 3. The molecular formula is C10H21N3O2. The van der Waals surface area contributed by atoms with Crippen molar-refractivity contribution in [3.63, 3.8) is 0 Å². The Morgan fingerprint density at radius 2 is 2.07 bits per heavy atom. The summed E-state index contributed by atoms with van der Waals surface area (Å²) < 4.78 is 0. The van der Waals surface area contributed by atoms with Crippen LogP contribution < -0.4 is 11.1 Å². The maximum Gasteiger partial charge on any atom is 0.239 e. The fourth-order valence-electron chi connectivity index (χ4n) is 1.06. The smallest absolute Gasteiger partial charge is 0.239 e. The van der Waals surface area contributed by atoms with Gasteiger partial charge in [0.25, 0.3) is 0 Å². The summed E-state index contributed by atoms with van der Waals surface area (Å²) in [6.45, 7) is 4.49. The third kappa shape index (κ3) is 6.90. The second-order valence-electron chi connectivity index (χ2n) is 3.78. The van der Waals surface area contributed by atoms with Gasteiger partial charge in [0, 0.05) is 26.1 Å². The molecule has 0 radical (unpaired) electrons. The summed E-state index contributed by atoms with van der Waals surface area (Å²) >= 11 is 0. The van der Waals surface area contributed by atoms with Crippen molar-refractivity contribution in [3.8, 4) is 0 Å². The van der Waals surface area contributed by atoms with Gasteiger partial charge in [-0.2, -0.15) is 0 Å². The molecule has 5 heteroatoms. The maximum atomic E-state index is 11.4. The van der Waals surface area contributed by atoms with Crippen molar-refractivity contribution in [3.05, 3.63) is 0 Å². The molecule has 0 heterocycles. The number of rotatable bonds is 6. The molecule has 0 saturated heterocycles. The Hall–Kier alpha value is -1.10. The highest BCUT2D eigenvalue weighted by atomic mass is 16.2. The summed E-state index contributed by atoms with van der Waals surface area (Å²) in [6.07, 6.45) is 1.17. The topological polar surface area (TPSA) is 75.4 Å². The number of nitrogens with one attached hydrogen (secondary N) is 1. The lowest BCUT2D eigenvalue weighted by Gasteiger charge is -2.17. The molecule has 0 fully saturated rings. The normalized spacial score (nSPS) is 12.0. The van der Waals surface area contributed by atoms with Gasteiger partial charge in [-0.05, 0) is 13.3 Å². The first-order chi connectivity index (χ1) is 6.97. The minimum Gasteiger partial charge on any atom is -0.355 e. The van der Waals surface area contributed by atoms with Crippen LogP contribution in [0.2, 0.25) is 0 Å². The van der Waals surface area contributed by atoms with Crippen molar-refractivity contribution < 1.29 is 9.59 Å². The molecule has 88 valence electrons. The van der Waals surface area contributed by atoms with Gasteiger partial charge in [-0.3, -0.25) is 9.59 Å². The van der Waals surface area contributed by atoms with Crippen molar-refractivity contribution in [1.29, 1.82) is 0 Å². The number of nitrogens with two attached hydrogens (primary N) is 1. The maximum absolute atomic E-state index is 11.4. The van der Waals surface area contributed by atoms with Gasteiger partial charge in [0.15, 0.2) is 0 Å². The Labute approximate surface area is 91.0 Å². The van der Waals surface area contributed by atoms with Gasteiger partial charge in [0.2, 0.25) is 11.8 Å². The summed E-state index contributed by atoms with van der Waals surface area (Å²) in [5, 5.41) is 2.71. The van der Waals surface area contributed by atoms with Crippen LogP contribution in [0.3, 0.4) is 0 Å². The first-order valence-electron chi connectivity index (χ1n) is 5.23.